The summed E-state index contributed by atoms with van der Waals surface area (Å²) in [6.45, 7) is 7.60. The van der Waals surface area contributed by atoms with E-state index >= 15 is 0 Å². The summed E-state index contributed by atoms with van der Waals surface area (Å²) in [5.74, 6) is 1.07. The molecule has 0 atom stereocenters. The number of hydrogen-bond acceptors (Lipinski definition) is 2. The number of carbonyl (C=O) groups excluding carboxylic acids is 1. The number of ketones is 1. The molecule has 0 bridgehead atoms. The standard InChI is InChI=1S/C26H34O2/c1-4-28-19-26(25(27)18-8-6-5-7-13-20(2)3)23-16-11-9-14-21(23)22-15-10-12-17-24(22)26/h9-12,14-17,20H,4-8,13,18-19H2,1-3H3. The van der Waals surface area contributed by atoms with Gasteiger partial charge in [0, 0.05) is 13.0 Å². The molecule has 0 spiro atoms. The molecule has 0 saturated heterocycles. The minimum Gasteiger partial charge on any atom is -0.380 e. The summed E-state index contributed by atoms with van der Waals surface area (Å²) < 4.78 is 5.91. The van der Waals surface area contributed by atoms with E-state index in [2.05, 4.69) is 50.2 Å². The van der Waals surface area contributed by atoms with Crippen LogP contribution in [-0.4, -0.2) is 19.0 Å². The number of carbonyl (C=O) groups is 1. The number of unbranched alkanes of at least 4 members (excludes halogenated alkanes) is 3. The highest BCUT2D eigenvalue weighted by Crippen LogP contribution is 2.50. The van der Waals surface area contributed by atoms with E-state index in [1.165, 1.54) is 30.4 Å². The Morgan fingerprint density at radius 3 is 2.04 bits per heavy atom. The molecule has 2 aromatic rings. The first-order valence-corrected chi connectivity index (χ1v) is 10.9. The van der Waals surface area contributed by atoms with E-state index in [1.54, 1.807) is 0 Å². The van der Waals surface area contributed by atoms with Crippen molar-refractivity contribution in [1.29, 1.82) is 0 Å². The van der Waals surface area contributed by atoms with Crippen LogP contribution in [0.25, 0.3) is 11.1 Å². The summed E-state index contributed by atoms with van der Waals surface area (Å²) in [4.78, 5) is 13.7. The van der Waals surface area contributed by atoms with Gasteiger partial charge in [-0.2, -0.15) is 0 Å². The maximum Gasteiger partial charge on any atom is 0.150 e. The first-order chi connectivity index (χ1) is 13.6. The molecule has 0 fully saturated rings. The highest BCUT2D eigenvalue weighted by Gasteiger charge is 2.48. The van der Waals surface area contributed by atoms with E-state index in [4.69, 9.17) is 4.74 Å². The molecule has 0 aromatic heterocycles. The van der Waals surface area contributed by atoms with Gasteiger partial charge in [0.25, 0.3) is 0 Å². The van der Waals surface area contributed by atoms with Crippen LogP contribution in [0.5, 0.6) is 0 Å². The van der Waals surface area contributed by atoms with Gasteiger partial charge in [-0.05, 0) is 41.5 Å². The van der Waals surface area contributed by atoms with Crippen molar-refractivity contribution in [2.75, 3.05) is 13.2 Å². The molecular formula is C26H34O2. The lowest BCUT2D eigenvalue weighted by Crippen LogP contribution is -2.40. The Morgan fingerprint density at radius 2 is 1.46 bits per heavy atom. The lowest BCUT2D eigenvalue weighted by molar-refractivity contribution is -0.125. The maximum atomic E-state index is 13.7. The molecule has 0 aliphatic heterocycles. The van der Waals surface area contributed by atoms with Crippen LogP contribution in [0.15, 0.2) is 48.5 Å². The number of benzene rings is 2. The molecule has 2 aromatic carbocycles. The quantitative estimate of drug-likeness (QED) is 0.414. The van der Waals surface area contributed by atoms with Crippen LogP contribution in [0.4, 0.5) is 0 Å². The van der Waals surface area contributed by atoms with Crippen molar-refractivity contribution >= 4 is 5.78 Å². The normalized spacial score (nSPS) is 14.1. The molecule has 1 aliphatic carbocycles. The highest BCUT2D eigenvalue weighted by molar-refractivity contribution is 6.01. The highest BCUT2D eigenvalue weighted by atomic mass is 16.5. The molecule has 28 heavy (non-hydrogen) atoms. The van der Waals surface area contributed by atoms with Crippen LogP contribution in [0, 0.1) is 5.92 Å². The second kappa shape index (κ2) is 9.52. The molecule has 150 valence electrons. The summed E-state index contributed by atoms with van der Waals surface area (Å²) >= 11 is 0. The molecule has 2 nitrogen and oxygen atoms in total. The van der Waals surface area contributed by atoms with Gasteiger partial charge >= 0.3 is 0 Å². The predicted octanol–water partition coefficient (Wildman–Crippen LogP) is 6.56. The van der Waals surface area contributed by atoms with E-state index in [0.29, 0.717) is 25.4 Å². The Balaban J connectivity index is 1.82. The van der Waals surface area contributed by atoms with Gasteiger partial charge in [-0.1, -0.05) is 88.1 Å². The van der Waals surface area contributed by atoms with Gasteiger partial charge in [0.1, 0.15) is 11.2 Å². The van der Waals surface area contributed by atoms with Crippen molar-refractivity contribution in [1.82, 2.24) is 0 Å². The molecule has 3 rings (SSSR count). The van der Waals surface area contributed by atoms with Crippen LogP contribution in [0.3, 0.4) is 0 Å². The zero-order chi connectivity index (χ0) is 20.0. The summed E-state index contributed by atoms with van der Waals surface area (Å²) in [5.41, 5.74) is 3.95. The summed E-state index contributed by atoms with van der Waals surface area (Å²) in [5, 5.41) is 0. The third-order valence-corrected chi connectivity index (χ3v) is 6.00. The molecule has 0 N–H and O–H groups in total. The van der Waals surface area contributed by atoms with Crippen LogP contribution in [-0.2, 0) is 14.9 Å². The van der Waals surface area contributed by atoms with Crippen LogP contribution in [0.2, 0.25) is 0 Å². The van der Waals surface area contributed by atoms with Crippen molar-refractivity contribution < 1.29 is 9.53 Å². The fourth-order valence-electron chi connectivity index (χ4n) is 4.52. The summed E-state index contributed by atoms with van der Waals surface area (Å²) in [6, 6.07) is 16.7. The van der Waals surface area contributed by atoms with E-state index in [9.17, 15) is 4.79 Å². The first-order valence-electron chi connectivity index (χ1n) is 10.9. The third kappa shape index (κ3) is 4.07. The lowest BCUT2D eigenvalue weighted by Gasteiger charge is -2.30. The van der Waals surface area contributed by atoms with Crippen molar-refractivity contribution in [3.05, 3.63) is 59.7 Å². The van der Waals surface area contributed by atoms with Gasteiger partial charge in [0.15, 0.2) is 0 Å². The average molecular weight is 379 g/mol. The third-order valence-electron chi connectivity index (χ3n) is 6.00. The van der Waals surface area contributed by atoms with Crippen molar-refractivity contribution in [2.24, 2.45) is 5.92 Å². The largest absolute Gasteiger partial charge is 0.380 e. The number of Topliss-reactive ketones (excluding diaryl/α,β-unsaturated/α-hetero) is 1. The van der Waals surface area contributed by atoms with Gasteiger partial charge < -0.3 is 4.74 Å². The van der Waals surface area contributed by atoms with Crippen molar-refractivity contribution in [3.63, 3.8) is 0 Å². The molecule has 0 saturated carbocycles. The zero-order valence-corrected chi connectivity index (χ0v) is 17.7. The van der Waals surface area contributed by atoms with Crippen LogP contribution >= 0.6 is 0 Å². The van der Waals surface area contributed by atoms with Crippen LogP contribution in [0.1, 0.15) is 70.4 Å². The lowest BCUT2D eigenvalue weighted by atomic mass is 9.73. The molecule has 2 heteroatoms. The van der Waals surface area contributed by atoms with Crippen molar-refractivity contribution in [2.45, 2.75) is 64.7 Å². The topological polar surface area (TPSA) is 26.3 Å². The molecule has 0 heterocycles. The number of rotatable bonds is 11. The Labute approximate surface area is 170 Å². The predicted molar refractivity (Wildman–Crippen MR) is 117 cm³/mol. The fraction of sp³-hybridized carbons (Fsp3) is 0.500. The van der Waals surface area contributed by atoms with E-state index in [1.807, 2.05) is 19.1 Å². The summed E-state index contributed by atoms with van der Waals surface area (Å²) in [7, 11) is 0. The number of fused-ring (bicyclic) bond motifs is 3. The summed E-state index contributed by atoms with van der Waals surface area (Å²) in [6.07, 6.45) is 6.49. The molecule has 0 amide bonds. The van der Waals surface area contributed by atoms with E-state index in [0.717, 1.165) is 29.9 Å². The second-order valence-corrected chi connectivity index (χ2v) is 8.40. The fourth-order valence-corrected chi connectivity index (χ4v) is 4.52. The van der Waals surface area contributed by atoms with Gasteiger partial charge in [-0.25, -0.2) is 0 Å². The van der Waals surface area contributed by atoms with Gasteiger partial charge in [0.2, 0.25) is 0 Å². The van der Waals surface area contributed by atoms with Crippen molar-refractivity contribution in [3.8, 4) is 11.1 Å². The van der Waals surface area contributed by atoms with E-state index < -0.39 is 5.41 Å². The molecule has 0 unspecified atom stereocenters. The van der Waals surface area contributed by atoms with Gasteiger partial charge in [-0.3, -0.25) is 4.79 Å². The Kier molecular flexibility index (Phi) is 7.07. The molecule has 0 radical (unpaired) electrons. The molecular weight excluding hydrogens is 344 g/mol. The van der Waals surface area contributed by atoms with Crippen LogP contribution < -0.4 is 0 Å². The Bertz CT molecular complexity index is 745. The van der Waals surface area contributed by atoms with Gasteiger partial charge in [-0.15, -0.1) is 0 Å². The first kappa shape index (κ1) is 20.8. The Hall–Kier alpha value is -1.93. The molecule has 1 aliphatic rings. The smallest absolute Gasteiger partial charge is 0.150 e. The number of hydrogen-bond donors (Lipinski definition) is 0. The average Bonchev–Trinajstić information content (AvgIpc) is 3.00. The van der Waals surface area contributed by atoms with Gasteiger partial charge in [0.05, 0.1) is 6.61 Å². The minimum atomic E-state index is -0.652. The maximum absolute atomic E-state index is 13.7. The number of ether oxygens (including phenoxy) is 1. The minimum absolute atomic E-state index is 0.308. The van der Waals surface area contributed by atoms with E-state index in [-0.39, 0.29) is 0 Å². The monoisotopic (exact) mass is 378 g/mol. The Morgan fingerprint density at radius 1 is 0.893 bits per heavy atom. The second-order valence-electron chi connectivity index (χ2n) is 8.40. The SMILES string of the molecule is CCOCC1(C(=O)CCCCCCC(C)C)c2ccccc2-c2ccccc21. The zero-order valence-electron chi connectivity index (χ0n) is 17.7.